The number of carboxylic acids is 1. The van der Waals surface area contributed by atoms with Crippen LogP contribution < -0.4 is 5.32 Å². The Labute approximate surface area is 193 Å². The molecule has 5 nitrogen and oxygen atoms in total. The monoisotopic (exact) mass is 450 g/mol. The number of halogens is 1. The van der Waals surface area contributed by atoms with Gasteiger partial charge in [-0.2, -0.15) is 0 Å². The van der Waals surface area contributed by atoms with Crippen molar-refractivity contribution < 1.29 is 19.1 Å². The summed E-state index contributed by atoms with van der Waals surface area (Å²) < 4.78 is 16.0. The van der Waals surface area contributed by atoms with E-state index in [9.17, 15) is 19.1 Å². The number of hydrogen-bond donors (Lipinski definition) is 2. The van der Waals surface area contributed by atoms with Crippen LogP contribution in [0.4, 0.5) is 4.39 Å². The third kappa shape index (κ3) is 4.65. The maximum atomic E-state index is 14.1. The zero-order chi connectivity index (χ0) is 23.7. The van der Waals surface area contributed by atoms with E-state index in [-0.39, 0.29) is 17.8 Å². The fourth-order valence-corrected chi connectivity index (χ4v) is 5.19. The topological polar surface area (TPSA) is 71.3 Å². The highest BCUT2D eigenvalue weighted by atomic mass is 19.1. The molecule has 0 bridgehead atoms. The molecule has 174 valence electrons. The van der Waals surface area contributed by atoms with E-state index in [2.05, 4.69) is 37.4 Å². The van der Waals surface area contributed by atoms with Crippen LogP contribution in [0.3, 0.4) is 0 Å². The highest BCUT2D eigenvalue weighted by Gasteiger charge is 2.30. The number of carboxylic acid groups (broad SMARTS) is 1. The van der Waals surface area contributed by atoms with Gasteiger partial charge in [0, 0.05) is 29.1 Å². The van der Waals surface area contributed by atoms with Crippen LogP contribution in [0.5, 0.6) is 0 Å². The van der Waals surface area contributed by atoms with E-state index in [4.69, 9.17) is 0 Å². The van der Waals surface area contributed by atoms with Crippen molar-refractivity contribution in [2.75, 3.05) is 0 Å². The number of nitrogens with zero attached hydrogens (tertiary/aromatic N) is 1. The van der Waals surface area contributed by atoms with Crippen LogP contribution in [0.25, 0.3) is 10.9 Å². The molecule has 0 saturated carbocycles. The zero-order valence-electron chi connectivity index (χ0n) is 19.5. The molecule has 2 atom stereocenters. The number of carbonyl (C=O) groups excluding carboxylic acids is 1. The summed E-state index contributed by atoms with van der Waals surface area (Å²) in [5, 5.41) is 13.7. The SMILES string of the molecule is CCC(C(=O)O)n1c2c(c3cc(F)ccc31)CC(NC(=O)CCc1ccc(C)cc1C)CC2. The largest absolute Gasteiger partial charge is 0.480 e. The van der Waals surface area contributed by atoms with Gasteiger partial charge in [-0.3, -0.25) is 4.79 Å². The molecular weight excluding hydrogens is 419 g/mol. The molecule has 1 aromatic heterocycles. The smallest absolute Gasteiger partial charge is 0.326 e. The van der Waals surface area contributed by atoms with Crippen LogP contribution in [-0.4, -0.2) is 27.6 Å². The van der Waals surface area contributed by atoms with Crippen molar-refractivity contribution in [2.24, 2.45) is 0 Å². The maximum absolute atomic E-state index is 14.1. The number of aliphatic carboxylic acids is 1. The van der Waals surface area contributed by atoms with Gasteiger partial charge in [-0.1, -0.05) is 30.7 Å². The van der Waals surface area contributed by atoms with E-state index < -0.39 is 12.0 Å². The number of aryl methyl sites for hydroxylation is 3. The van der Waals surface area contributed by atoms with E-state index >= 15 is 0 Å². The van der Waals surface area contributed by atoms with E-state index in [1.54, 1.807) is 6.07 Å². The van der Waals surface area contributed by atoms with E-state index in [1.165, 1.54) is 28.8 Å². The molecule has 6 heteroatoms. The second-order valence-electron chi connectivity index (χ2n) is 9.16. The average Bonchev–Trinajstić information content (AvgIpc) is 3.06. The van der Waals surface area contributed by atoms with Gasteiger partial charge in [0.25, 0.3) is 0 Å². The third-order valence-corrected chi connectivity index (χ3v) is 6.83. The molecular formula is C27H31FN2O3. The molecule has 1 aliphatic carbocycles. The molecule has 0 saturated heterocycles. The lowest BCUT2D eigenvalue weighted by molar-refractivity contribution is -0.141. The molecule has 3 aromatic rings. The van der Waals surface area contributed by atoms with E-state index in [1.807, 2.05) is 11.5 Å². The standard InChI is InChI=1S/C27H31FN2O3/c1-4-23(27(32)33)30-24-10-8-19(28)14-21(24)22-15-20(9-11-25(22)30)29-26(31)12-7-18-6-5-16(2)13-17(18)3/h5-6,8,10,13-14,20,23H,4,7,9,11-12,15H2,1-3H3,(H,29,31)(H,32,33). The van der Waals surface area contributed by atoms with Crippen molar-refractivity contribution in [3.8, 4) is 0 Å². The average molecular weight is 451 g/mol. The van der Waals surface area contributed by atoms with Crippen molar-refractivity contribution >= 4 is 22.8 Å². The van der Waals surface area contributed by atoms with Crippen LogP contribution in [0.2, 0.25) is 0 Å². The summed E-state index contributed by atoms with van der Waals surface area (Å²) in [4.78, 5) is 24.6. The summed E-state index contributed by atoms with van der Waals surface area (Å²) in [7, 11) is 0. The van der Waals surface area contributed by atoms with Crippen molar-refractivity contribution in [3.63, 3.8) is 0 Å². The van der Waals surface area contributed by atoms with Gasteiger partial charge < -0.3 is 15.0 Å². The van der Waals surface area contributed by atoms with Gasteiger partial charge in [0.15, 0.2) is 0 Å². The summed E-state index contributed by atoms with van der Waals surface area (Å²) >= 11 is 0. The summed E-state index contributed by atoms with van der Waals surface area (Å²) in [5.41, 5.74) is 6.24. The predicted octanol–water partition coefficient (Wildman–Crippen LogP) is 5.04. The molecule has 2 N–H and O–H groups in total. The molecule has 0 radical (unpaired) electrons. The Bertz CT molecular complexity index is 1210. The van der Waals surface area contributed by atoms with Gasteiger partial charge in [-0.05, 0) is 80.8 Å². The molecule has 0 fully saturated rings. The van der Waals surface area contributed by atoms with Crippen LogP contribution in [-0.2, 0) is 28.9 Å². The molecule has 4 rings (SSSR count). The fraction of sp³-hybridized carbons (Fsp3) is 0.407. The Morgan fingerprint density at radius 1 is 1.21 bits per heavy atom. The van der Waals surface area contributed by atoms with Crippen LogP contribution in [0.1, 0.15) is 60.2 Å². The Kier molecular flexibility index (Phi) is 6.54. The van der Waals surface area contributed by atoms with Gasteiger partial charge in [-0.25, -0.2) is 9.18 Å². The summed E-state index contributed by atoms with van der Waals surface area (Å²) in [6, 6.07) is 10.1. The molecule has 2 aromatic carbocycles. The summed E-state index contributed by atoms with van der Waals surface area (Å²) in [6.07, 6.45) is 3.52. The second-order valence-corrected chi connectivity index (χ2v) is 9.16. The molecule has 33 heavy (non-hydrogen) atoms. The summed E-state index contributed by atoms with van der Waals surface area (Å²) in [6.45, 7) is 5.98. The minimum atomic E-state index is -0.886. The highest BCUT2D eigenvalue weighted by Crippen LogP contribution is 2.36. The van der Waals surface area contributed by atoms with Crippen LogP contribution in [0, 0.1) is 19.7 Å². The molecule has 2 unspecified atom stereocenters. The van der Waals surface area contributed by atoms with Gasteiger partial charge in [0.05, 0.1) is 0 Å². The zero-order valence-corrected chi connectivity index (χ0v) is 19.5. The number of carbonyl (C=O) groups is 2. The molecule has 0 aliphatic heterocycles. The molecule has 1 heterocycles. The first-order chi connectivity index (χ1) is 15.8. The van der Waals surface area contributed by atoms with Crippen molar-refractivity contribution in [1.82, 2.24) is 9.88 Å². The first kappa shape index (κ1) is 23.0. The van der Waals surface area contributed by atoms with E-state index in [0.29, 0.717) is 32.1 Å². The van der Waals surface area contributed by atoms with E-state index in [0.717, 1.165) is 28.6 Å². The fourth-order valence-electron chi connectivity index (χ4n) is 5.19. The number of aromatic nitrogens is 1. The van der Waals surface area contributed by atoms with Gasteiger partial charge in [0.1, 0.15) is 11.9 Å². The lowest BCUT2D eigenvalue weighted by Gasteiger charge is -2.26. The number of rotatable bonds is 7. The lowest BCUT2D eigenvalue weighted by Crippen LogP contribution is -2.39. The van der Waals surface area contributed by atoms with Gasteiger partial charge in [-0.15, -0.1) is 0 Å². The Morgan fingerprint density at radius 2 is 2.00 bits per heavy atom. The van der Waals surface area contributed by atoms with Gasteiger partial charge in [0.2, 0.25) is 5.91 Å². The number of amides is 1. The normalized spacial score (nSPS) is 16.4. The minimum absolute atomic E-state index is 0.00955. The van der Waals surface area contributed by atoms with Gasteiger partial charge >= 0.3 is 5.97 Å². The van der Waals surface area contributed by atoms with Crippen LogP contribution in [0.15, 0.2) is 36.4 Å². The maximum Gasteiger partial charge on any atom is 0.326 e. The van der Waals surface area contributed by atoms with Crippen molar-refractivity contribution in [2.45, 2.75) is 71.4 Å². The van der Waals surface area contributed by atoms with Crippen LogP contribution >= 0.6 is 0 Å². The quantitative estimate of drug-likeness (QED) is 0.530. The number of benzene rings is 2. The van der Waals surface area contributed by atoms with Crippen molar-refractivity contribution in [3.05, 3.63) is 70.2 Å². The molecule has 1 amide bonds. The number of hydrogen-bond acceptors (Lipinski definition) is 2. The lowest BCUT2D eigenvalue weighted by atomic mass is 9.91. The molecule has 1 aliphatic rings. The Hall–Kier alpha value is -3.15. The first-order valence-electron chi connectivity index (χ1n) is 11.7. The first-order valence-corrected chi connectivity index (χ1v) is 11.7. The highest BCUT2D eigenvalue weighted by molar-refractivity contribution is 5.88. The Balaban J connectivity index is 1.53. The number of nitrogens with one attached hydrogen (secondary N) is 1. The minimum Gasteiger partial charge on any atom is -0.480 e. The van der Waals surface area contributed by atoms with Crippen molar-refractivity contribution in [1.29, 1.82) is 0 Å². The number of fused-ring (bicyclic) bond motifs is 3. The Morgan fingerprint density at radius 3 is 2.70 bits per heavy atom. The predicted molar refractivity (Wildman–Crippen MR) is 127 cm³/mol. The molecule has 0 spiro atoms. The second kappa shape index (κ2) is 9.38. The summed E-state index contributed by atoms with van der Waals surface area (Å²) in [5.74, 6) is -1.22. The third-order valence-electron chi connectivity index (χ3n) is 6.83.